The number of fused-ring (bicyclic) bond motifs is 1. The highest BCUT2D eigenvalue weighted by Crippen LogP contribution is 2.37. The molecule has 1 aromatic heterocycles. The van der Waals surface area contributed by atoms with Crippen LogP contribution < -0.4 is 14.2 Å². The summed E-state index contributed by atoms with van der Waals surface area (Å²) in [6, 6.07) is 7.40. The third-order valence-corrected chi connectivity index (χ3v) is 5.13. The molecule has 1 aromatic carbocycles. The molecule has 1 atom stereocenters. The van der Waals surface area contributed by atoms with Gasteiger partial charge in [0.1, 0.15) is 11.7 Å². The highest BCUT2D eigenvalue weighted by atomic mass is 16.7. The summed E-state index contributed by atoms with van der Waals surface area (Å²) in [5, 5.41) is 0. The predicted octanol–water partition coefficient (Wildman–Crippen LogP) is 1.66. The molecule has 4 heterocycles. The van der Waals surface area contributed by atoms with E-state index in [1.54, 1.807) is 41.6 Å². The Labute approximate surface area is 156 Å². The molecule has 2 fully saturated rings. The SMILES string of the molecule is O=C(c1ccc2c(c1)OCO2)N1CC2(C[C@H](Oc3ncccn3)CCO2)C1. The van der Waals surface area contributed by atoms with E-state index < -0.39 is 0 Å². The van der Waals surface area contributed by atoms with Crippen LogP contribution in [0.1, 0.15) is 23.2 Å². The quantitative estimate of drug-likeness (QED) is 0.814. The molecular weight excluding hydrogens is 350 g/mol. The summed E-state index contributed by atoms with van der Waals surface area (Å²) in [6.45, 7) is 1.90. The molecule has 2 aromatic rings. The highest BCUT2D eigenvalue weighted by molar-refractivity contribution is 5.95. The standard InChI is InChI=1S/C19H19N3O5/c23-17(13-2-3-15-16(8-13)25-12-24-15)22-10-19(11-22)9-14(4-7-26-19)27-18-20-5-1-6-21-18/h1-3,5-6,8,14H,4,7,9-12H2/t14-/m1/s1. The maximum Gasteiger partial charge on any atom is 0.316 e. The normalized spacial score (nSPS) is 22.4. The number of benzene rings is 1. The van der Waals surface area contributed by atoms with Gasteiger partial charge in [0.2, 0.25) is 6.79 Å². The van der Waals surface area contributed by atoms with Gasteiger partial charge in [0.05, 0.1) is 19.7 Å². The maximum atomic E-state index is 12.7. The van der Waals surface area contributed by atoms with Gasteiger partial charge in [0, 0.05) is 30.8 Å². The second-order valence-electron chi connectivity index (χ2n) is 7.02. The van der Waals surface area contributed by atoms with Crippen molar-refractivity contribution in [2.24, 2.45) is 0 Å². The van der Waals surface area contributed by atoms with Gasteiger partial charge in [-0.05, 0) is 24.3 Å². The lowest BCUT2D eigenvalue weighted by Gasteiger charge is -2.52. The first kappa shape index (κ1) is 16.3. The van der Waals surface area contributed by atoms with Crippen molar-refractivity contribution < 1.29 is 23.7 Å². The molecule has 27 heavy (non-hydrogen) atoms. The Morgan fingerprint density at radius 3 is 2.85 bits per heavy atom. The zero-order chi connectivity index (χ0) is 18.3. The molecule has 1 amide bonds. The smallest absolute Gasteiger partial charge is 0.316 e. The highest BCUT2D eigenvalue weighted by Gasteiger charge is 2.50. The fourth-order valence-corrected chi connectivity index (χ4v) is 3.80. The van der Waals surface area contributed by atoms with Crippen molar-refractivity contribution >= 4 is 5.91 Å². The van der Waals surface area contributed by atoms with Gasteiger partial charge in [0.25, 0.3) is 5.91 Å². The van der Waals surface area contributed by atoms with Gasteiger partial charge in [0.15, 0.2) is 11.5 Å². The number of rotatable bonds is 3. The van der Waals surface area contributed by atoms with Gasteiger partial charge in [-0.15, -0.1) is 0 Å². The average molecular weight is 369 g/mol. The first-order valence-electron chi connectivity index (χ1n) is 8.97. The summed E-state index contributed by atoms with van der Waals surface area (Å²) in [5.74, 6) is 1.25. The van der Waals surface area contributed by atoms with Crippen molar-refractivity contribution in [2.45, 2.75) is 24.5 Å². The molecule has 0 bridgehead atoms. The first-order valence-corrected chi connectivity index (χ1v) is 8.97. The Hall–Kier alpha value is -2.87. The minimum Gasteiger partial charge on any atom is -0.460 e. The van der Waals surface area contributed by atoms with E-state index in [9.17, 15) is 4.79 Å². The largest absolute Gasteiger partial charge is 0.460 e. The summed E-state index contributed by atoms with van der Waals surface area (Å²) in [4.78, 5) is 22.8. The van der Waals surface area contributed by atoms with Crippen molar-refractivity contribution in [1.82, 2.24) is 14.9 Å². The van der Waals surface area contributed by atoms with Crippen LogP contribution in [-0.2, 0) is 4.74 Å². The van der Waals surface area contributed by atoms with Gasteiger partial charge in [-0.2, -0.15) is 0 Å². The summed E-state index contributed by atoms with van der Waals surface area (Å²) in [5.41, 5.74) is 0.249. The Morgan fingerprint density at radius 1 is 1.19 bits per heavy atom. The van der Waals surface area contributed by atoms with Gasteiger partial charge < -0.3 is 23.8 Å². The summed E-state index contributed by atoms with van der Waals surface area (Å²) in [7, 11) is 0. The lowest BCUT2D eigenvalue weighted by molar-refractivity contribution is -0.174. The zero-order valence-electron chi connectivity index (χ0n) is 14.7. The van der Waals surface area contributed by atoms with E-state index in [1.807, 2.05) is 0 Å². The van der Waals surface area contributed by atoms with E-state index >= 15 is 0 Å². The topological polar surface area (TPSA) is 83.0 Å². The molecule has 140 valence electrons. The number of nitrogens with zero attached hydrogens (tertiary/aromatic N) is 3. The van der Waals surface area contributed by atoms with Gasteiger partial charge in [-0.25, -0.2) is 9.97 Å². The molecule has 8 nitrogen and oxygen atoms in total. The second kappa shape index (κ2) is 6.38. The monoisotopic (exact) mass is 369 g/mol. The van der Waals surface area contributed by atoms with Crippen LogP contribution in [0, 0.1) is 0 Å². The van der Waals surface area contributed by atoms with Crippen LogP contribution in [0.15, 0.2) is 36.7 Å². The Morgan fingerprint density at radius 2 is 2.00 bits per heavy atom. The molecule has 0 aliphatic carbocycles. The van der Waals surface area contributed by atoms with Crippen LogP contribution in [0.5, 0.6) is 17.5 Å². The Kier molecular flexibility index (Phi) is 3.86. The van der Waals surface area contributed by atoms with Crippen LogP contribution in [0.3, 0.4) is 0 Å². The zero-order valence-corrected chi connectivity index (χ0v) is 14.7. The van der Waals surface area contributed by atoms with Gasteiger partial charge in [-0.3, -0.25) is 4.79 Å². The third-order valence-electron chi connectivity index (χ3n) is 5.13. The van der Waals surface area contributed by atoms with E-state index in [0.717, 1.165) is 12.8 Å². The van der Waals surface area contributed by atoms with Crippen LogP contribution in [0.25, 0.3) is 0 Å². The third kappa shape index (κ3) is 3.06. The first-order chi connectivity index (χ1) is 13.2. The molecule has 0 radical (unpaired) electrons. The fourth-order valence-electron chi connectivity index (χ4n) is 3.80. The van der Waals surface area contributed by atoms with E-state index in [-0.39, 0.29) is 24.4 Å². The van der Waals surface area contributed by atoms with Crippen LogP contribution in [-0.4, -0.2) is 59.0 Å². The van der Waals surface area contributed by atoms with Crippen molar-refractivity contribution in [1.29, 1.82) is 0 Å². The average Bonchev–Trinajstić information content (AvgIpc) is 3.14. The molecule has 0 saturated carbocycles. The minimum atomic E-state index is -0.344. The van der Waals surface area contributed by atoms with Crippen LogP contribution in [0.2, 0.25) is 0 Å². The van der Waals surface area contributed by atoms with Crippen molar-refractivity contribution in [2.75, 3.05) is 26.5 Å². The van der Waals surface area contributed by atoms with Crippen molar-refractivity contribution in [3.8, 4) is 17.5 Å². The van der Waals surface area contributed by atoms with Crippen LogP contribution >= 0.6 is 0 Å². The van der Waals surface area contributed by atoms with Crippen LogP contribution in [0.4, 0.5) is 0 Å². The summed E-state index contributed by atoms with van der Waals surface area (Å²) < 4.78 is 22.5. The molecule has 2 saturated heterocycles. The number of likely N-dealkylation sites (tertiary alicyclic amines) is 1. The molecule has 0 unspecified atom stereocenters. The number of hydrogen-bond acceptors (Lipinski definition) is 7. The number of amides is 1. The Balaban J connectivity index is 1.22. The van der Waals surface area contributed by atoms with Crippen molar-refractivity contribution in [3.05, 3.63) is 42.2 Å². The van der Waals surface area contributed by atoms with E-state index in [2.05, 4.69) is 9.97 Å². The number of carbonyl (C=O) groups excluding carboxylic acids is 1. The lowest BCUT2D eigenvalue weighted by atomic mass is 9.84. The van der Waals surface area contributed by atoms with E-state index in [4.69, 9.17) is 18.9 Å². The summed E-state index contributed by atoms with van der Waals surface area (Å²) in [6.07, 6.45) is 4.81. The maximum absolute atomic E-state index is 12.7. The molecule has 1 spiro atoms. The number of ether oxygens (including phenoxy) is 4. The molecule has 3 aliphatic heterocycles. The van der Waals surface area contributed by atoms with E-state index in [1.165, 1.54) is 0 Å². The molecule has 8 heteroatoms. The van der Waals surface area contributed by atoms with Gasteiger partial charge in [-0.1, -0.05) is 0 Å². The van der Waals surface area contributed by atoms with Gasteiger partial charge >= 0.3 is 6.01 Å². The molecular formula is C19H19N3O5. The second-order valence-corrected chi connectivity index (χ2v) is 7.02. The summed E-state index contributed by atoms with van der Waals surface area (Å²) >= 11 is 0. The Bertz CT molecular complexity index is 854. The molecule has 5 rings (SSSR count). The fraction of sp³-hybridized carbons (Fsp3) is 0.421. The van der Waals surface area contributed by atoms with Crippen molar-refractivity contribution in [3.63, 3.8) is 0 Å². The number of hydrogen-bond donors (Lipinski definition) is 0. The number of carbonyl (C=O) groups is 1. The molecule has 3 aliphatic rings. The predicted molar refractivity (Wildman–Crippen MR) is 92.8 cm³/mol. The number of aromatic nitrogens is 2. The van der Waals surface area contributed by atoms with E-state index in [0.29, 0.717) is 42.8 Å². The lowest BCUT2D eigenvalue weighted by Crippen LogP contribution is -2.67. The minimum absolute atomic E-state index is 0.0102. The molecule has 0 N–H and O–H groups in total.